The molecule has 1 rings (SSSR count). The summed E-state index contributed by atoms with van der Waals surface area (Å²) in [5, 5.41) is 12.0. The van der Waals surface area contributed by atoms with Crippen molar-refractivity contribution in [2.24, 2.45) is 5.92 Å². The largest absolute Gasteiger partial charge is 0.480 e. The fraction of sp³-hybridized carbons (Fsp3) is 0.500. The Labute approximate surface area is 95.7 Å². The Morgan fingerprint density at radius 3 is 2.75 bits per heavy atom. The number of carboxylic acids is 1. The zero-order valence-corrected chi connectivity index (χ0v) is 9.90. The van der Waals surface area contributed by atoms with Crippen LogP contribution in [0.4, 0.5) is 5.82 Å². The highest BCUT2D eigenvalue weighted by atomic mass is 16.4. The van der Waals surface area contributed by atoms with Crippen LogP contribution in [0.15, 0.2) is 18.3 Å². The number of nitrogens with one attached hydrogen (secondary N) is 1. The second-order valence-electron chi connectivity index (χ2n) is 4.38. The van der Waals surface area contributed by atoms with E-state index in [2.05, 4.69) is 10.3 Å². The van der Waals surface area contributed by atoms with E-state index in [-0.39, 0.29) is 0 Å². The molecule has 1 aromatic heterocycles. The lowest BCUT2D eigenvalue weighted by atomic mass is 10.0. The Hall–Kier alpha value is -1.58. The molecule has 1 aromatic rings. The first-order valence-electron chi connectivity index (χ1n) is 5.41. The Kier molecular flexibility index (Phi) is 4.28. The van der Waals surface area contributed by atoms with Crippen LogP contribution in [-0.2, 0) is 4.79 Å². The lowest BCUT2D eigenvalue weighted by molar-refractivity contribution is -0.138. The predicted molar refractivity (Wildman–Crippen MR) is 63.5 cm³/mol. The molecule has 4 heteroatoms. The van der Waals surface area contributed by atoms with Gasteiger partial charge in [0.05, 0.1) is 0 Å². The highest BCUT2D eigenvalue weighted by Crippen LogP contribution is 2.12. The summed E-state index contributed by atoms with van der Waals surface area (Å²) in [4.78, 5) is 15.1. The molecule has 0 aliphatic carbocycles. The minimum Gasteiger partial charge on any atom is -0.480 e. The number of rotatable bonds is 5. The molecule has 0 saturated heterocycles. The molecule has 0 fully saturated rings. The van der Waals surface area contributed by atoms with E-state index in [1.807, 2.05) is 32.9 Å². The number of aliphatic carboxylic acids is 1. The zero-order valence-electron chi connectivity index (χ0n) is 9.90. The first-order chi connectivity index (χ1) is 7.49. The van der Waals surface area contributed by atoms with E-state index in [1.54, 1.807) is 6.20 Å². The molecule has 0 aromatic carbocycles. The lowest BCUT2D eigenvalue weighted by Crippen LogP contribution is -2.31. The van der Waals surface area contributed by atoms with Crippen LogP contribution in [0.5, 0.6) is 0 Å². The van der Waals surface area contributed by atoms with Crippen molar-refractivity contribution in [3.05, 3.63) is 23.9 Å². The normalized spacial score (nSPS) is 12.5. The third-order valence-corrected chi connectivity index (χ3v) is 2.24. The van der Waals surface area contributed by atoms with Crippen molar-refractivity contribution in [1.82, 2.24) is 4.98 Å². The van der Waals surface area contributed by atoms with Gasteiger partial charge in [-0.05, 0) is 37.0 Å². The van der Waals surface area contributed by atoms with Gasteiger partial charge in [0.2, 0.25) is 0 Å². The Morgan fingerprint density at radius 2 is 2.25 bits per heavy atom. The van der Waals surface area contributed by atoms with Gasteiger partial charge in [0.25, 0.3) is 0 Å². The van der Waals surface area contributed by atoms with E-state index >= 15 is 0 Å². The third-order valence-electron chi connectivity index (χ3n) is 2.24. The third kappa shape index (κ3) is 3.88. The molecular weight excluding hydrogens is 204 g/mol. The van der Waals surface area contributed by atoms with Crippen molar-refractivity contribution in [2.45, 2.75) is 33.2 Å². The van der Waals surface area contributed by atoms with Crippen LogP contribution in [-0.4, -0.2) is 22.1 Å². The van der Waals surface area contributed by atoms with Crippen LogP contribution in [0.3, 0.4) is 0 Å². The van der Waals surface area contributed by atoms with Crippen molar-refractivity contribution in [3.63, 3.8) is 0 Å². The maximum absolute atomic E-state index is 11.0. The average molecular weight is 222 g/mol. The van der Waals surface area contributed by atoms with Crippen LogP contribution in [0.25, 0.3) is 0 Å². The van der Waals surface area contributed by atoms with Crippen LogP contribution in [0.1, 0.15) is 25.8 Å². The topological polar surface area (TPSA) is 62.2 Å². The van der Waals surface area contributed by atoms with Gasteiger partial charge in [0.1, 0.15) is 11.9 Å². The maximum Gasteiger partial charge on any atom is 0.326 e. The molecule has 0 amide bonds. The van der Waals surface area contributed by atoms with Crippen molar-refractivity contribution < 1.29 is 9.90 Å². The zero-order chi connectivity index (χ0) is 12.1. The van der Waals surface area contributed by atoms with E-state index in [4.69, 9.17) is 5.11 Å². The molecule has 0 radical (unpaired) electrons. The van der Waals surface area contributed by atoms with Gasteiger partial charge in [-0.25, -0.2) is 9.78 Å². The van der Waals surface area contributed by atoms with Gasteiger partial charge in [-0.2, -0.15) is 0 Å². The number of pyridine rings is 1. The highest BCUT2D eigenvalue weighted by molar-refractivity contribution is 5.76. The van der Waals surface area contributed by atoms with Crippen LogP contribution in [0, 0.1) is 12.8 Å². The van der Waals surface area contributed by atoms with Gasteiger partial charge < -0.3 is 10.4 Å². The summed E-state index contributed by atoms with van der Waals surface area (Å²) >= 11 is 0. The van der Waals surface area contributed by atoms with Crippen molar-refractivity contribution in [1.29, 1.82) is 0 Å². The van der Waals surface area contributed by atoms with Gasteiger partial charge in [0.15, 0.2) is 0 Å². The molecule has 0 saturated carbocycles. The summed E-state index contributed by atoms with van der Waals surface area (Å²) in [5.74, 6) is 0.114. The highest BCUT2D eigenvalue weighted by Gasteiger charge is 2.18. The minimum absolute atomic E-state index is 0.332. The molecule has 2 N–H and O–H groups in total. The number of aromatic nitrogens is 1. The molecule has 0 aliphatic rings. The summed E-state index contributed by atoms with van der Waals surface area (Å²) in [6, 6.07) is 3.15. The van der Waals surface area contributed by atoms with Gasteiger partial charge in [0, 0.05) is 6.20 Å². The minimum atomic E-state index is -0.836. The first-order valence-corrected chi connectivity index (χ1v) is 5.41. The molecule has 0 spiro atoms. The maximum atomic E-state index is 11.0. The monoisotopic (exact) mass is 222 g/mol. The number of nitrogens with zero attached hydrogens (tertiary/aromatic N) is 1. The van der Waals surface area contributed by atoms with Crippen LogP contribution >= 0.6 is 0 Å². The quantitative estimate of drug-likeness (QED) is 0.802. The molecule has 1 atom stereocenters. The van der Waals surface area contributed by atoms with E-state index in [9.17, 15) is 4.79 Å². The van der Waals surface area contributed by atoms with E-state index in [0.29, 0.717) is 18.2 Å². The fourth-order valence-corrected chi connectivity index (χ4v) is 1.49. The van der Waals surface area contributed by atoms with Crippen molar-refractivity contribution in [2.75, 3.05) is 5.32 Å². The van der Waals surface area contributed by atoms with E-state index in [0.717, 1.165) is 5.56 Å². The molecule has 1 heterocycles. The molecule has 1 unspecified atom stereocenters. The van der Waals surface area contributed by atoms with Gasteiger partial charge in [-0.1, -0.05) is 13.8 Å². The molecule has 16 heavy (non-hydrogen) atoms. The Morgan fingerprint density at radius 1 is 1.56 bits per heavy atom. The summed E-state index contributed by atoms with van der Waals surface area (Å²) in [7, 11) is 0. The number of anilines is 1. The van der Waals surface area contributed by atoms with E-state index < -0.39 is 12.0 Å². The average Bonchev–Trinajstić information content (AvgIpc) is 2.15. The number of carbonyl (C=O) groups is 1. The van der Waals surface area contributed by atoms with Gasteiger partial charge in [-0.3, -0.25) is 0 Å². The molecule has 4 nitrogen and oxygen atoms in total. The lowest BCUT2D eigenvalue weighted by Gasteiger charge is -2.17. The number of hydrogen-bond acceptors (Lipinski definition) is 3. The molecular formula is C12H18N2O2. The van der Waals surface area contributed by atoms with Crippen LogP contribution in [0.2, 0.25) is 0 Å². The Bertz CT molecular complexity index is 364. The standard InChI is InChI=1S/C12H18N2O2/c1-8(2)6-10(12(15)16)14-11-7-9(3)4-5-13-11/h4-5,7-8,10H,6H2,1-3H3,(H,13,14)(H,15,16). The van der Waals surface area contributed by atoms with Gasteiger partial charge in [-0.15, -0.1) is 0 Å². The smallest absolute Gasteiger partial charge is 0.326 e. The summed E-state index contributed by atoms with van der Waals surface area (Å²) in [6.07, 6.45) is 2.26. The molecule has 0 bridgehead atoms. The fourth-order valence-electron chi connectivity index (χ4n) is 1.49. The predicted octanol–water partition coefficient (Wildman–Crippen LogP) is 2.30. The summed E-state index contributed by atoms with van der Waals surface area (Å²) in [6.45, 7) is 5.95. The van der Waals surface area contributed by atoms with Crippen molar-refractivity contribution >= 4 is 11.8 Å². The number of aryl methyl sites for hydroxylation is 1. The number of hydrogen-bond donors (Lipinski definition) is 2. The second kappa shape index (κ2) is 5.49. The molecule has 0 aliphatic heterocycles. The summed E-state index contributed by atoms with van der Waals surface area (Å²) < 4.78 is 0. The SMILES string of the molecule is Cc1ccnc(NC(CC(C)C)C(=O)O)c1. The second-order valence-corrected chi connectivity index (χ2v) is 4.38. The Balaban J connectivity index is 2.71. The van der Waals surface area contributed by atoms with Crippen LogP contribution < -0.4 is 5.32 Å². The van der Waals surface area contributed by atoms with Gasteiger partial charge >= 0.3 is 5.97 Å². The number of carboxylic acid groups (broad SMARTS) is 1. The van der Waals surface area contributed by atoms with Crippen molar-refractivity contribution in [3.8, 4) is 0 Å². The summed E-state index contributed by atoms with van der Waals surface area (Å²) in [5.41, 5.74) is 1.06. The molecule has 88 valence electrons. The first kappa shape index (κ1) is 12.5. The van der Waals surface area contributed by atoms with E-state index in [1.165, 1.54) is 0 Å².